The first-order valence-electron chi connectivity index (χ1n) is 12.3. The lowest BCUT2D eigenvalue weighted by molar-refractivity contribution is -0.136. The standard InChI is InChI=1S/C17H26N2O2S.C5H10.2C2H6/c1-2-3-9-15-13-22-17(18-15)19(11-10-16(20)21)12-14-7-5-4-6-8-14;1-3-5-4-2;2*1-2/h3,9,13-14H,2,4-8,10-12H2,1H3,(H,20,21);3H,1,4-5H2,2H3;2*1-2H3/b9-3+;;;. The molecule has 31 heavy (non-hydrogen) atoms. The van der Waals surface area contributed by atoms with Gasteiger partial charge in [-0.3, -0.25) is 4.79 Å². The second-order valence-corrected chi connectivity index (χ2v) is 7.87. The van der Waals surface area contributed by atoms with Crippen LogP contribution in [-0.4, -0.2) is 29.1 Å². The third-order valence-corrected chi connectivity index (χ3v) is 5.52. The van der Waals surface area contributed by atoms with Gasteiger partial charge in [-0.25, -0.2) is 4.98 Å². The lowest BCUT2D eigenvalue weighted by Gasteiger charge is -2.29. The van der Waals surface area contributed by atoms with Gasteiger partial charge >= 0.3 is 5.97 Å². The van der Waals surface area contributed by atoms with Crippen molar-refractivity contribution in [2.24, 2.45) is 5.92 Å². The molecule has 0 atom stereocenters. The summed E-state index contributed by atoms with van der Waals surface area (Å²) in [5, 5.41) is 12.0. The highest BCUT2D eigenvalue weighted by atomic mass is 32.1. The summed E-state index contributed by atoms with van der Waals surface area (Å²) < 4.78 is 0. The predicted molar refractivity (Wildman–Crippen MR) is 140 cm³/mol. The first-order chi connectivity index (χ1) is 15.1. The smallest absolute Gasteiger partial charge is 0.305 e. The number of carboxylic acid groups (broad SMARTS) is 1. The van der Waals surface area contributed by atoms with Gasteiger partial charge in [-0.2, -0.15) is 0 Å². The van der Waals surface area contributed by atoms with Gasteiger partial charge in [0.15, 0.2) is 5.13 Å². The summed E-state index contributed by atoms with van der Waals surface area (Å²) >= 11 is 1.62. The monoisotopic (exact) mass is 452 g/mol. The first kappa shape index (κ1) is 31.6. The highest BCUT2D eigenvalue weighted by molar-refractivity contribution is 7.13. The fourth-order valence-corrected chi connectivity index (χ4v) is 3.95. The van der Waals surface area contributed by atoms with Crippen LogP contribution in [0.15, 0.2) is 24.1 Å². The zero-order valence-electron chi connectivity index (χ0n) is 21.0. The maximum absolute atomic E-state index is 10.9. The van der Waals surface area contributed by atoms with Crippen molar-refractivity contribution in [3.8, 4) is 0 Å². The van der Waals surface area contributed by atoms with Crippen molar-refractivity contribution >= 4 is 28.5 Å². The molecule has 2 rings (SSSR count). The number of hydrogen-bond donors (Lipinski definition) is 1. The molecule has 0 aliphatic heterocycles. The van der Waals surface area contributed by atoms with Crippen molar-refractivity contribution in [2.45, 2.75) is 99.3 Å². The largest absolute Gasteiger partial charge is 0.481 e. The zero-order valence-corrected chi connectivity index (χ0v) is 21.8. The van der Waals surface area contributed by atoms with E-state index < -0.39 is 5.97 Å². The highest BCUT2D eigenvalue weighted by Gasteiger charge is 2.20. The fraction of sp³-hybridized carbons (Fsp3) is 0.692. The number of carbonyl (C=O) groups is 1. The second-order valence-electron chi connectivity index (χ2n) is 7.04. The first-order valence-corrected chi connectivity index (χ1v) is 13.2. The zero-order chi connectivity index (χ0) is 23.9. The molecule has 0 saturated heterocycles. The van der Waals surface area contributed by atoms with E-state index >= 15 is 0 Å². The van der Waals surface area contributed by atoms with Crippen LogP contribution in [0.25, 0.3) is 6.08 Å². The molecule has 0 bridgehead atoms. The number of thiazole rings is 1. The van der Waals surface area contributed by atoms with E-state index in [-0.39, 0.29) is 6.42 Å². The molecule has 5 heteroatoms. The Balaban J connectivity index is 0. The van der Waals surface area contributed by atoms with Gasteiger partial charge in [-0.1, -0.05) is 79.4 Å². The Bertz CT molecular complexity index is 564. The Kier molecular flexibility index (Phi) is 23.5. The molecule has 0 unspecified atom stereocenters. The van der Waals surface area contributed by atoms with Crippen molar-refractivity contribution in [1.82, 2.24) is 4.98 Å². The van der Waals surface area contributed by atoms with Gasteiger partial charge < -0.3 is 10.0 Å². The molecular formula is C26H48N2O2S. The normalized spacial score (nSPS) is 13.1. The molecule has 1 aliphatic carbocycles. The topological polar surface area (TPSA) is 53.4 Å². The summed E-state index contributed by atoms with van der Waals surface area (Å²) in [6, 6.07) is 0. The third-order valence-electron chi connectivity index (χ3n) is 4.60. The number of rotatable bonds is 10. The quantitative estimate of drug-likeness (QED) is 0.362. The van der Waals surface area contributed by atoms with Crippen LogP contribution in [0.2, 0.25) is 0 Å². The number of allylic oxidation sites excluding steroid dienone is 2. The summed E-state index contributed by atoms with van der Waals surface area (Å²) in [6.45, 7) is 17.3. The molecule has 1 heterocycles. The summed E-state index contributed by atoms with van der Waals surface area (Å²) in [6.07, 6.45) is 16.1. The summed E-state index contributed by atoms with van der Waals surface area (Å²) in [7, 11) is 0. The van der Waals surface area contributed by atoms with E-state index in [1.165, 1.54) is 38.5 Å². The Morgan fingerprint density at radius 2 is 1.87 bits per heavy atom. The number of nitrogens with zero attached hydrogens (tertiary/aromatic N) is 2. The summed E-state index contributed by atoms with van der Waals surface area (Å²) in [5.41, 5.74) is 0.978. The van der Waals surface area contributed by atoms with Crippen LogP contribution < -0.4 is 4.90 Å². The molecule has 0 spiro atoms. The van der Waals surface area contributed by atoms with E-state index in [1.807, 2.05) is 39.8 Å². The maximum Gasteiger partial charge on any atom is 0.305 e. The molecule has 1 aliphatic rings. The molecule has 1 fully saturated rings. The fourth-order valence-electron chi connectivity index (χ4n) is 3.12. The van der Waals surface area contributed by atoms with Gasteiger partial charge in [0.25, 0.3) is 0 Å². The molecule has 180 valence electrons. The van der Waals surface area contributed by atoms with Crippen LogP contribution >= 0.6 is 11.3 Å². The summed E-state index contributed by atoms with van der Waals surface area (Å²) in [4.78, 5) is 17.8. The van der Waals surface area contributed by atoms with Crippen LogP contribution in [0.1, 0.15) is 105 Å². The van der Waals surface area contributed by atoms with Crippen LogP contribution in [-0.2, 0) is 4.79 Å². The number of unbranched alkanes of at least 4 members (excludes halogenated alkanes) is 1. The molecule has 0 aromatic carbocycles. The van der Waals surface area contributed by atoms with Gasteiger partial charge in [0.1, 0.15) is 0 Å². The minimum absolute atomic E-state index is 0.173. The Morgan fingerprint density at radius 1 is 1.23 bits per heavy atom. The van der Waals surface area contributed by atoms with Gasteiger partial charge in [0.2, 0.25) is 0 Å². The minimum atomic E-state index is -0.740. The van der Waals surface area contributed by atoms with Gasteiger partial charge in [0.05, 0.1) is 12.1 Å². The van der Waals surface area contributed by atoms with Crippen molar-refractivity contribution in [3.63, 3.8) is 0 Å². The van der Waals surface area contributed by atoms with Crippen LogP contribution in [0.5, 0.6) is 0 Å². The summed E-state index contributed by atoms with van der Waals surface area (Å²) in [5.74, 6) is -0.0580. The molecule has 1 aromatic rings. The molecule has 0 radical (unpaired) electrons. The molecule has 1 N–H and O–H groups in total. The molecule has 1 saturated carbocycles. The van der Waals surface area contributed by atoms with Crippen LogP contribution in [0, 0.1) is 5.92 Å². The molecular weight excluding hydrogens is 404 g/mol. The van der Waals surface area contributed by atoms with Gasteiger partial charge in [-0.15, -0.1) is 17.9 Å². The average Bonchev–Trinajstić information content (AvgIpc) is 3.28. The molecule has 0 amide bonds. The van der Waals surface area contributed by atoms with E-state index in [2.05, 4.69) is 41.8 Å². The Morgan fingerprint density at radius 3 is 2.35 bits per heavy atom. The predicted octanol–water partition coefficient (Wildman–Crippen LogP) is 8.45. The van der Waals surface area contributed by atoms with E-state index in [4.69, 9.17) is 5.11 Å². The van der Waals surface area contributed by atoms with E-state index in [0.29, 0.717) is 12.5 Å². The van der Waals surface area contributed by atoms with Crippen molar-refractivity contribution in [3.05, 3.63) is 29.8 Å². The Labute approximate surface area is 196 Å². The van der Waals surface area contributed by atoms with Crippen LogP contribution in [0.4, 0.5) is 5.13 Å². The highest BCUT2D eigenvalue weighted by Crippen LogP contribution is 2.28. The van der Waals surface area contributed by atoms with Crippen molar-refractivity contribution in [1.29, 1.82) is 0 Å². The van der Waals surface area contributed by atoms with Crippen molar-refractivity contribution < 1.29 is 9.90 Å². The van der Waals surface area contributed by atoms with Crippen LogP contribution in [0.3, 0.4) is 0 Å². The maximum atomic E-state index is 10.9. The minimum Gasteiger partial charge on any atom is -0.481 e. The molecule has 1 aromatic heterocycles. The number of hydrogen-bond acceptors (Lipinski definition) is 4. The van der Waals surface area contributed by atoms with Gasteiger partial charge in [0, 0.05) is 18.5 Å². The van der Waals surface area contributed by atoms with E-state index in [0.717, 1.165) is 30.2 Å². The SMILES string of the molecule is C=CCCC.CC.CC.CC/C=C/c1csc(N(CCC(=O)O)CC2CCCCC2)n1. The second kappa shape index (κ2) is 23.1. The number of anilines is 1. The lowest BCUT2D eigenvalue weighted by Crippen LogP contribution is -2.32. The number of aliphatic carboxylic acids is 1. The average molecular weight is 453 g/mol. The number of aromatic nitrogens is 1. The third kappa shape index (κ3) is 16.7. The van der Waals surface area contributed by atoms with E-state index in [1.54, 1.807) is 11.3 Å². The number of carboxylic acids is 1. The van der Waals surface area contributed by atoms with E-state index in [9.17, 15) is 4.79 Å². The molecule has 4 nitrogen and oxygen atoms in total. The Hall–Kier alpha value is -1.62. The lowest BCUT2D eigenvalue weighted by atomic mass is 9.89. The van der Waals surface area contributed by atoms with Crippen molar-refractivity contribution in [2.75, 3.05) is 18.0 Å². The van der Waals surface area contributed by atoms with Gasteiger partial charge in [-0.05, 0) is 37.7 Å².